The monoisotopic (exact) mass is 298 g/mol. The summed E-state index contributed by atoms with van der Waals surface area (Å²) >= 11 is 0. The summed E-state index contributed by atoms with van der Waals surface area (Å²) in [4.78, 5) is 11.9. The van der Waals surface area contributed by atoms with Crippen LogP contribution in [0.5, 0.6) is 5.75 Å². The highest BCUT2D eigenvalue weighted by molar-refractivity contribution is 5.97. The molecular formula is C15H16F2O4. The maximum absolute atomic E-state index is 13.8. The summed E-state index contributed by atoms with van der Waals surface area (Å²) in [6, 6.07) is 2.36. The molecule has 0 fully saturated rings. The minimum atomic E-state index is -1.09. The number of ether oxygens (including phenoxy) is 3. The van der Waals surface area contributed by atoms with E-state index in [1.54, 1.807) is 13.8 Å². The molecule has 1 atom stereocenters. The number of carbonyl (C=O) groups is 1. The van der Waals surface area contributed by atoms with Gasteiger partial charge in [-0.3, -0.25) is 0 Å². The first-order chi connectivity index (χ1) is 9.99. The van der Waals surface area contributed by atoms with Crippen LogP contribution in [0.25, 0.3) is 5.57 Å². The number of halogens is 2. The Balaban J connectivity index is 2.54. The normalized spacial score (nSPS) is 17.7. The predicted octanol–water partition coefficient (Wildman–Crippen LogP) is 3.06. The molecule has 114 valence electrons. The van der Waals surface area contributed by atoms with Crippen LogP contribution in [0.3, 0.4) is 0 Å². The number of methoxy groups -OCH3 is 1. The van der Waals surface area contributed by atoms with Crippen LogP contribution in [-0.4, -0.2) is 25.8 Å². The van der Waals surface area contributed by atoms with Gasteiger partial charge in [-0.05, 0) is 26.0 Å². The van der Waals surface area contributed by atoms with Gasteiger partial charge in [-0.1, -0.05) is 0 Å². The van der Waals surface area contributed by atoms with Gasteiger partial charge in [-0.25, -0.2) is 9.18 Å². The fourth-order valence-electron chi connectivity index (χ4n) is 2.26. The number of hydrogen-bond acceptors (Lipinski definition) is 4. The minimum Gasteiger partial charge on any atom is -0.493 e. The summed E-state index contributed by atoms with van der Waals surface area (Å²) < 4.78 is 42.4. The van der Waals surface area contributed by atoms with E-state index in [1.807, 2.05) is 0 Å². The van der Waals surface area contributed by atoms with Crippen LogP contribution in [-0.2, 0) is 14.3 Å². The Kier molecular flexibility index (Phi) is 4.45. The molecule has 0 N–H and O–H groups in total. The van der Waals surface area contributed by atoms with Gasteiger partial charge in [-0.2, -0.15) is 4.39 Å². The van der Waals surface area contributed by atoms with Gasteiger partial charge in [0.15, 0.2) is 11.6 Å². The Hall–Kier alpha value is -2.11. The van der Waals surface area contributed by atoms with E-state index in [9.17, 15) is 13.6 Å². The fourth-order valence-corrected chi connectivity index (χ4v) is 2.26. The molecule has 4 nitrogen and oxygen atoms in total. The standard InChI is InChI=1S/C15H16F2O4/c1-4-20-15(18)14-10(7-8(2)21-14)9-5-6-11(16)12(17)13(9)19-3/h5-6,8H,4,7H2,1-3H3. The van der Waals surface area contributed by atoms with E-state index >= 15 is 0 Å². The number of benzene rings is 1. The van der Waals surface area contributed by atoms with Crippen LogP contribution in [0.2, 0.25) is 0 Å². The second kappa shape index (κ2) is 6.11. The average molecular weight is 298 g/mol. The van der Waals surface area contributed by atoms with Gasteiger partial charge in [-0.15, -0.1) is 0 Å². The van der Waals surface area contributed by atoms with E-state index in [4.69, 9.17) is 14.2 Å². The maximum atomic E-state index is 13.8. The Morgan fingerprint density at radius 1 is 1.43 bits per heavy atom. The number of carbonyl (C=O) groups excluding carboxylic acids is 1. The molecule has 0 bridgehead atoms. The Morgan fingerprint density at radius 3 is 2.76 bits per heavy atom. The summed E-state index contributed by atoms with van der Waals surface area (Å²) in [6.45, 7) is 3.65. The number of hydrogen-bond donors (Lipinski definition) is 0. The lowest BCUT2D eigenvalue weighted by atomic mass is 9.99. The summed E-state index contributed by atoms with van der Waals surface area (Å²) in [6.07, 6.45) is 0.132. The van der Waals surface area contributed by atoms with E-state index in [1.165, 1.54) is 13.2 Å². The third-order valence-corrected chi connectivity index (χ3v) is 3.12. The van der Waals surface area contributed by atoms with Crippen molar-refractivity contribution < 1.29 is 27.8 Å². The van der Waals surface area contributed by atoms with Crippen LogP contribution >= 0.6 is 0 Å². The SMILES string of the molecule is CCOC(=O)C1=C(c2ccc(F)c(F)c2OC)CC(C)O1. The van der Waals surface area contributed by atoms with E-state index in [0.717, 1.165) is 6.07 Å². The first-order valence-electron chi connectivity index (χ1n) is 6.58. The maximum Gasteiger partial charge on any atom is 0.373 e. The third-order valence-electron chi connectivity index (χ3n) is 3.12. The van der Waals surface area contributed by atoms with E-state index in [2.05, 4.69) is 0 Å². The Morgan fingerprint density at radius 2 is 2.14 bits per heavy atom. The molecule has 0 spiro atoms. The first-order valence-corrected chi connectivity index (χ1v) is 6.58. The summed E-state index contributed by atoms with van der Waals surface area (Å²) in [5.41, 5.74) is 0.750. The molecule has 0 amide bonds. The Bertz CT molecular complexity index is 596. The third kappa shape index (κ3) is 2.84. The van der Waals surface area contributed by atoms with Crippen molar-refractivity contribution in [1.29, 1.82) is 0 Å². The molecule has 1 heterocycles. The molecule has 1 unspecified atom stereocenters. The largest absolute Gasteiger partial charge is 0.493 e. The van der Waals surface area contributed by atoms with Crippen LogP contribution in [0.4, 0.5) is 8.78 Å². The minimum absolute atomic E-state index is 0.0219. The molecule has 1 aromatic rings. The van der Waals surface area contributed by atoms with Crippen molar-refractivity contribution in [2.45, 2.75) is 26.4 Å². The number of rotatable bonds is 4. The molecule has 0 radical (unpaired) electrons. The zero-order valence-corrected chi connectivity index (χ0v) is 12.0. The molecule has 1 aliphatic rings. The second-order valence-electron chi connectivity index (χ2n) is 4.60. The van der Waals surface area contributed by atoms with Gasteiger partial charge >= 0.3 is 5.97 Å². The van der Waals surface area contributed by atoms with Crippen molar-refractivity contribution >= 4 is 11.5 Å². The highest BCUT2D eigenvalue weighted by Gasteiger charge is 2.32. The van der Waals surface area contributed by atoms with Gasteiger partial charge in [0.2, 0.25) is 11.6 Å². The summed E-state index contributed by atoms with van der Waals surface area (Å²) in [5, 5.41) is 0. The highest BCUT2D eigenvalue weighted by atomic mass is 19.2. The predicted molar refractivity (Wildman–Crippen MR) is 71.6 cm³/mol. The first kappa shape index (κ1) is 15.3. The highest BCUT2D eigenvalue weighted by Crippen LogP contribution is 2.39. The van der Waals surface area contributed by atoms with Crippen molar-refractivity contribution in [1.82, 2.24) is 0 Å². The molecule has 21 heavy (non-hydrogen) atoms. The molecule has 0 saturated heterocycles. The topological polar surface area (TPSA) is 44.8 Å². The lowest BCUT2D eigenvalue weighted by molar-refractivity contribution is -0.142. The average Bonchev–Trinajstić information content (AvgIpc) is 2.84. The van der Waals surface area contributed by atoms with E-state index < -0.39 is 17.6 Å². The van der Waals surface area contributed by atoms with Crippen molar-refractivity contribution in [2.75, 3.05) is 13.7 Å². The van der Waals surface area contributed by atoms with Crippen LogP contribution in [0.1, 0.15) is 25.8 Å². The van der Waals surface area contributed by atoms with Crippen molar-refractivity contribution in [2.24, 2.45) is 0 Å². The lowest BCUT2D eigenvalue weighted by Crippen LogP contribution is -2.11. The van der Waals surface area contributed by atoms with E-state index in [0.29, 0.717) is 17.6 Å². The Labute approximate surface area is 121 Å². The van der Waals surface area contributed by atoms with E-state index in [-0.39, 0.29) is 24.2 Å². The second-order valence-corrected chi connectivity index (χ2v) is 4.60. The van der Waals surface area contributed by atoms with Crippen LogP contribution < -0.4 is 4.74 Å². The molecule has 1 aromatic carbocycles. The zero-order chi connectivity index (χ0) is 15.6. The fraction of sp³-hybridized carbons (Fsp3) is 0.400. The summed E-state index contributed by atoms with van der Waals surface area (Å²) in [5.74, 6) is -2.95. The molecule has 2 rings (SSSR count). The molecular weight excluding hydrogens is 282 g/mol. The summed E-state index contributed by atoms with van der Waals surface area (Å²) in [7, 11) is 1.24. The number of esters is 1. The zero-order valence-electron chi connectivity index (χ0n) is 12.0. The molecule has 0 aliphatic carbocycles. The lowest BCUT2D eigenvalue weighted by Gasteiger charge is -2.11. The van der Waals surface area contributed by atoms with Crippen molar-refractivity contribution in [3.05, 3.63) is 35.1 Å². The van der Waals surface area contributed by atoms with Gasteiger partial charge in [0, 0.05) is 17.6 Å². The quantitative estimate of drug-likeness (QED) is 0.801. The van der Waals surface area contributed by atoms with Gasteiger partial charge in [0.1, 0.15) is 6.10 Å². The van der Waals surface area contributed by atoms with Crippen molar-refractivity contribution in [3.8, 4) is 5.75 Å². The smallest absolute Gasteiger partial charge is 0.373 e. The van der Waals surface area contributed by atoms with Gasteiger partial charge in [0.05, 0.1) is 13.7 Å². The van der Waals surface area contributed by atoms with Crippen LogP contribution in [0.15, 0.2) is 17.9 Å². The molecule has 1 aliphatic heterocycles. The van der Waals surface area contributed by atoms with Gasteiger partial charge < -0.3 is 14.2 Å². The van der Waals surface area contributed by atoms with Crippen molar-refractivity contribution in [3.63, 3.8) is 0 Å². The molecule has 0 aromatic heterocycles. The van der Waals surface area contributed by atoms with Crippen LogP contribution in [0, 0.1) is 11.6 Å². The van der Waals surface area contributed by atoms with Gasteiger partial charge in [0.25, 0.3) is 0 Å². The molecule has 6 heteroatoms. The molecule has 0 saturated carbocycles.